The highest BCUT2D eigenvalue weighted by atomic mass is 32.2. The van der Waals surface area contributed by atoms with Crippen molar-refractivity contribution in [1.29, 1.82) is 0 Å². The summed E-state index contributed by atoms with van der Waals surface area (Å²) in [7, 11) is 1.49. The van der Waals surface area contributed by atoms with Gasteiger partial charge in [-0.05, 0) is 29.8 Å². The molecule has 1 saturated heterocycles. The molecule has 3 rings (SSSR count). The number of nitrogens with zero attached hydrogens (tertiary/aromatic N) is 1. The van der Waals surface area contributed by atoms with Gasteiger partial charge in [0.25, 0.3) is 5.91 Å². The van der Waals surface area contributed by atoms with Gasteiger partial charge in [-0.15, -0.1) is 0 Å². The Morgan fingerprint density at radius 3 is 2.72 bits per heavy atom. The molecule has 1 fully saturated rings. The van der Waals surface area contributed by atoms with Crippen molar-refractivity contribution in [1.82, 2.24) is 4.90 Å². The lowest BCUT2D eigenvalue weighted by Gasteiger charge is -2.12. The monoisotopic (exact) mass is 433 g/mol. The first-order chi connectivity index (χ1) is 13.9. The topological polar surface area (TPSA) is 76.1 Å². The van der Waals surface area contributed by atoms with Gasteiger partial charge < -0.3 is 14.6 Å². The molecule has 1 aliphatic rings. The number of ether oxygens (including phenoxy) is 2. The van der Waals surface area contributed by atoms with Gasteiger partial charge in [0.05, 0.1) is 12.0 Å². The van der Waals surface area contributed by atoms with Gasteiger partial charge in [-0.25, -0.2) is 4.39 Å². The second-order valence-corrected chi connectivity index (χ2v) is 7.63. The van der Waals surface area contributed by atoms with Gasteiger partial charge >= 0.3 is 5.97 Å². The second kappa shape index (κ2) is 9.06. The summed E-state index contributed by atoms with van der Waals surface area (Å²) >= 11 is 6.12. The van der Waals surface area contributed by atoms with Gasteiger partial charge in [0.1, 0.15) is 23.3 Å². The maximum atomic E-state index is 13.8. The number of benzene rings is 2. The van der Waals surface area contributed by atoms with Gasteiger partial charge in [0.2, 0.25) is 0 Å². The highest BCUT2D eigenvalue weighted by molar-refractivity contribution is 8.26. The van der Waals surface area contributed by atoms with Crippen LogP contribution in [0, 0.1) is 5.82 Å². The summed E-state index contributed by atoms with van der Waals surface area (Å²) in [6, 6.07) is 11.3. The minimum atomic E-state index is -1.14. The summed E-state index contributed by atoms with van der Waals surface area (Å²) in [5.41, 5.74) is 1.03. The van der Waals surface area contributed by atoms with E-state index in [2.05, 4.69) is 0 Å². The van der Waals surface area contributed by atoms with Gasteiger partial charge in [0.15, 0.2) is 11.5 Å². The number of aliphatic carboxylic acids is 1. The normalized spacial score (nSPS) is 15.1. The number of hydrogen-bond donors (Lipinski definition) is 1. The Balaban J connectivity index is 1.82. The summed E-state index contributed by atoms with van der Waals surface area (Å²) < 4.78 is 25.0. The van der Waals surface area contributed by atoms with Crippen molar-refractivity contribution in [3.05, 3.63) is 64.3 Å². The zero-order valence-electron chi connectivity index (χ0n) is 15.3. The van der Waals surface area contributed by atoms with Crippen LogP contribution in [0.5, 0.6) is 11.5 Å². The summed E-state index contributed by atoms with van der Waals surface area (Å²) in [5.74, 6) is -1.14. The van der Waals surface area contributed by atoms with E-state index in [0.29, 0.717) is 27.5 Å². The predicted molar refractivity (Wildman–Crippen MR) is 111 cm³/mol. The number of thiocarbonyl (C=S) groups is 1. The number of hydrogen-bond acceptors (Lipinski definition) is 6. The molecule has 1 heterocycles. The number of rotatable bonds is 7. The molecule has 0 unspecified atom stereocenters. The van der Waals surface area contributed by atoms with Gasteiger partial charge in [0, 0.05) is 5.56 Å². The van der Waals surface area contributed by atoms with Crippen LogP contribution in [-0.2, 0) is 16.2 Å². The molecule has 29 heavy (non-hydrogen) atoms. The average molecular weight is 433 g/mol. The Morgan fingerprint density at radius 2 is 2.03 bits per heavy atom. The van der Waals surface area contributed by atoms with Crippen LogP contribution in [0.25, 0.3) is 6.08 Å². The van der Waals surface area contributed by atoms with E-state index in [-0.39, 0.29) is 16.7 Å². The van der Waals surface area contributed by atoms with Crippen LogP contribution in [0.2, 0.25) is 0 Å². The molecule has 150 valence electrons. The Bertz CT molecular complexity index is 1010. The van der Waals surface area contributed by atoms with Crippen LogP contribution in [0.15, 0.2) is 47.4 Å². The van der Waals surface area contributed by atoms with Crippen molar-refractivity contribution in [3.63, 3.8) is 0 Å². The van der Waals surface area contributed by atoms with Gasteiger partial charge in [-0.1, -0.05) is 48.2 Å². The first kappa shape index (κ1) is 20.8. The molecule has 0 saturated carbocycles. The summed E-state index contributed by atoms with van der Waals surface area (Å²) in [6.45, 7) is -0.477. The lowest BCUT2D eigenvalue weighted by atomic mass is 10.1. The lowest BCUT2D eigenvalue weighted by Crippen LogP contribution is -2.33. The summed E-state index contributed by atoms with van der Waals surface area (Å²) in [4.78, 5) is 24.6. The molecule has 0 spiro atoms. The van der Waals surface area contributed by atoms with E-state index >= 15 is 0 Å². The van der Waals surface area contributed by atoms with Crippen LogP contribution in [0.4, 0.5) is 4.39 Å². The predicted octanol–water partition coefficient (Wildman–Crippen LogP) is 3.70. The highest BCUT2D eigenvalue weighted by Gasteiger charge is 2.33. The minimum Gasteiger partial charge on any atom is -0.493 e. The van der Waals surface area contributed by atoms with Crippen molar-refractivity contribution in [2.75, 3.05) is 13.7 Å². The van der Waals surface area contributed by atoms with E-state index in [1.165, 1.54) is 13.2 Å². The van der Waals surface area contributed by atoms with Crippen molar-refractivity contribution in [2.45, 2.75) is 6.61 Å². The zero-order valence-corrected chi connectivity index (χ0v) is 16.9. The molecule has 0 bridgehead atoms. The minimum absolute atomic E-state index is 0.00716. The van der Waals surface area contributed by atoms with E-state index in [9.17, 15) is 14.0 Å². The number of thioether (sulfide) groups is 1. The Kier molecular flexibility index (Phi) is 6.50. The largest absolute Gasteiger partial charge is 0.493 e. The maximum Gasteiger partial charge on any atom is 0.323 e. The van der Waals surface area contributed by atoms with E-state index in [0.717, 1.165) is 16.7 Å². The third-order valence-electron chi connectivity index (χ3n) is 3.99. The molecule has 2 aromatic rings. The van der Waals surface area contributed by atoms with Crippen LogP contribution in [0.3, 0.4) is 0 Å². The number of methoxy groups -OCH3 is 1. The Labute approximate surface area is 175 Å². The highest BCUT2D eigenvalue weighted by Crippen LogP contribution is 2.35. The molecular weight excluding hydrogens is 417 g/mol. The standard InChI is InChI=1S/C20H16FNO5S2/c1-26-15-7-6-12(8-16(15)27-11-13-4-2-3-5-14(13)21)9-17-19(25)22(10-18(23)24)20(28)29-17/h2-9H,10-11H2,1H3,(H,23,24)/b17-9-. The number of carbonyl (C=O) groups is 2. The van der Waals surface area contributed by atoms with Crippen LogP contribution < -0.4 is 9.47 Å². The van der Waals surface area contributed by atoms with Crippen LogP contribution in [0.1, 0.15) is 11.1 Å². The van der Waals surface area contributed by atoms with Gasteiger partial charge in [-0.3, -0.25) is 14.5 Å². The first-order valence-electron chi connectivity index (χ1n) is 8.40. The SMILES string of the molecule is COc1ccc(/C=C2\SC(=S)N(CC(=O)O)C2=O)cc1OCc1ccccc1F. The molecular formula is C20H16FNO5S2. The molecule has 0 aromatic heterocycles. The molecule has 1 amide bonds. The average Bonchev–Trinajstić information content (AvgIpc) is 2.94. The number of carboxylic acid groups (broad SMARTS) is 1. The van der Waals surface area contributed by atoms with E-state index in [1.807, 2.05) is 0 Å². The molecule has 1 N–H and O–H groups in total. The van der Waals surface area contributed by atoms with E-state index < -0.39 is 18.4 Å². The smallest absolute Gasteiger partial charge is 0.323 e. The van der Waals surface area contributed by atoms with Crippen molar-refractivity contribution in [3.8, 4) is 11.5 Å². The fourth-order valence-corrected chi connectivity index (χ4v) is 3.84. The summed E-state index contributed by atoms with van der Waals surface area (Å²) in [6.07, 6.45) is 1.59. The zero-order chi connectivity index (χ0) is 21.0. The number of amides is 1. The fraction of sp³-hybridized carbons (Fsp3) is 0.150. The molecule has 2 aromatic carbocycles. The van der Waals surface area contributed by atoms with Crippen LogP contribution in [-0.4, -0.2) is 39.9 Å². The molecule has 9 heteroatoms. The first-order valence-corrected chi connectivity index (χ1v) is 9.63. The van der Waals surface area contributed by atoms with Gasteiger partial charge in [-0.2, -0.15) is 0 Å². The number of halogens is 1. The van der Waals surface area contributed by atoms with E-state index in [4.69, 9.17) is 26.8 Å². The fourth-order valence-electron chi connectivity index (χ4n) is 2.59. The third kappa shape index (κ3) is 4.93. The number of carboxylic acids is 1. The van der Waals surface area contributed by atoms with Crippen molar-refractivity contribution in [2.24, 2.45) is 0 Å². The molecule has 0 radical (unpaired) electrons. The van der Waals surface area contributed by atoms with Crippen molar-refractivity contribution < 1.29 is 28.6 Å². The maximum absolute atomic E-state index is 13.8. The third-order valence-corrected chi connectivity index (χ3v) is 5.37. The molecule has 0 aliphatic carbocycles. The molecule has 6 nitrogen and oxygen atoms in total. The van der Waals surface area contributed by atoms with E-state index in [1.54, 1.807) is 42.5 Å². The molecule has 0 atom stereocenters. The Hall–Kier alpha value is -2.91. The number of carbonyl (C=O) groups excluding carboxylic acids is 1. The Morgan fingerprint density at radius 1 is 1.28 bits per heavy atom. The lowest BCUT2D eigenvalue weighted by molar-refractivity contribution is -0.140. The van der Waals surface area contributed by atoms with Crippen molar-refractivity contribution >= 4 is 46.3 Å². The quantitative estimate of drug-likeness (QED) is 0.527. The van der Waals surface area contributed by atoms with Crippen LogP contribution >= 0.6 is 24.0 Å². The second-order valence-electron chi connectivity index (χ2n) is 5.95. The molecule has 1 aliphatic heterocycles. The summed E-state index contributed by atoms with van der Waals surface area (Å²) in [5, 5.41) is 8.91.